The highest BCUT2D eigenvalue weighted by Gasteiger charge is 2.13. The fourth-order valence-corrected chi connectivity index (χ4v) is 2.03. The molecule has 1 rings (SSSR count). The van der Waals surface area contributed by atoms with E-state index in [9.17, 15) is 4.39 Å². The quantitative estimate of drug-likeness (QED) is 0.614. The summed E-state index contributed by atoms with van der Waals surface area (Å²) in [5.41, 5.74) is 0.507. The van der Waals surface area contributed by atoms with Crippen molar-refractivity contribution in [3.63, 3.8) is 0 Å². The monoisotopic (exact) mass is 284 g/mol. The second-order valence-electron chi connectivity index (χ2n) is 3.98. The van der Waals surface area contributed by atoms with E-state index in [4.69, 9.17) is 17.0 Å². The predicted octanol–water partition coefficient (Wildman–Crippen LogP) is 2.95. The maximum absolute atomic E-state index is 13.7. The van der Waals surface area contributed by atoms with Crippen molar-refractivity contribution in [3.8, 4) is 0 Å². The van der Waals surface area contributed by atoms with Crippen LogP contribution in [0.4, 0.5) is 10.1 Å². The molecule has 0 radical (unpaired) electrons. The number of para-hydroxylation sites is 1. The fourth-order valence-electron chi connectivity index (χ4n) is 1.70. The lowest BCUT2D eigenvalue weighted by molar-refractivity contribution is 0.146. The van der Waals surface area contributed by atoms with Gasteiger partial charge >= 0.3 is 0 Å². The van der Waals surface area contributed by atoms with E-state index in [1.165, 1.54) is 6.07 Å². The lowest BCUT2D eigenvalue weighted by Crippen LogP contribution is -2.40. The molecule has 19 heavy (non-hydrogen) atoms. The van der Waals surface area contributed by atoms with E-state index < -0.39 is 0 Å². The van der Waals surface area contributed by atoms with Crippen LogP contribution in [0.3, 0.4) is 0 Å². The molecule has 0 aromatic heterocycles. The third kappa shape index (κ3) is 5.12. The van der Waals surface area contributed by atoms with Crippen molar-refractivity contribution < 1.29 is 9.13 Å². The third-order valence-corrected chi connectivity index (χ3v) is 3.02. The smallest absolute Gasteiger partial charge is 0.173 e. The second-order valence-corrected chi connectivity index (χ2v) is 4.36. The van der Waals surface area contributed by atoms with E-state index in [-0.39, 0.29) is 5.82 Å². The summed E-state index contributed by atoms with van der Waals surface area (Å²) < 4.78 is 19.0. The van der Waals surface area contributed by atoms with Gasteiger partial charge in [-0.3, -0.25) is 0 Å². The number of hydrogen-bond donors (Lipinski definition) is 1. The van der Waals surface area contributed by atoms with Crippen molar-refractivity contribution in [1.29, 1.82) is 0 Å². The number of ether oxygens (including phenoxy) is 1. The number of benzene rings is 1. The van der Waals surface area contributed by atoms with Gasteiger partial charge in [-0.15, -0.1) is 0 Å². The van der Waals surface area contributed by atoms with Crippen molar-refractivity contribution in [3.05, 3.63) is 30.1 Å². The van der Waals surface area contributed by atoms with Gasteiger partial charge in [-0.1, -0.05) is 12.1 Å². The zero-order valence-electron chi connectivity index (χ0n) is 11.5. The fraction of sp³-hybridized carbons (Fsp3) is 0.500. The van der Waals surface area contributed by atoms with E-state index in [2.05, 4.69) is 5.32 Å². The molecule has 1 N–H and O–H groups in total. The van der Waals surface area contributed by atoms with Gasteiger partial charge in [0, 0.05) is 26.3 Å². The van der Waals surface area contributed by atoms with E-state index in [0.29, 0.717) is 24.0 Å². The largest absolute Gasteiger partial charge is 0.382 e. The SMILES string of the molecule is CCOCCCNC(=S)N(CC)c1ccccc1F. The minimum absolute atomic E-state index is 0.261. The molecule has 106 valence electrons. The van der Waals surface area contributed by atoms with E-state index in [1.54, 1.807) is 23.1 Å². The highest BCUT2D eigenvalue weighted by atomic mass is 32.1. The molecule has 0 atom stereocenters. The first-order valence-corrected chi connectivity index (χ1v) is 6.99. The molecule has 0 heterocycles. The summed E-state index contributed by atoms with van der Waals surface area (Å²) in [4.78, 5) is 1.76. The van der Waals surface area contributed by atoms with Gasteiger partial charge in [-0.2, -0.15) is 0 Å². The Hall–Kier alpha value is -1.20. The molecular formula is C14H21FN2OS. The second kappa shape index (κ2) is 8.82. The van der Waals surface area contributed by atoms with Crippen LogP contribution in [0.2, 0.25) is 0 Å². The molecule has 0 bridgehead atoms. The molecule has 3 nitrogen and oxygen atoms in total. The molecule has 0 spiro atoms. The van der Waals surface area contributed by atoms with Crippen LogP contribution in [0.25, 0.3) is 0 Å². The highest BCUT2D eigenvalue weighted by molar-refractivity contribution is 7.80. The molecule has 1 aromatic rings. The van der Waals surface area contributed by atoms with Crippen molar-refractivity contribution >= 4 is 23.0 Å². The summed E-state index contributed by atoms with van der Waals surface area (Å²) in [5.74, 6) is -0.261. The minimum Gasteiger partial charge on any atom is -0.382 e. The average Bonchev–Trinajstić information content (AvgIpc) is 2.41. The lowest BCUT2D eigenvalue weighted by atomic mass is 10.3. The van der Waals surface area contributed by atoms with Gasteiger partial charge < -0.3 is 15.0 Å². The summed E-state index contributed by atoms with van der Waals surface area (Å²) in [5, 5.41) is 3.67. The summed E-state index contributed by atoms with van der Waals surface area (Å²) >= 11 is 5.30. The molecule has 0 aliphatic carbocycles. The molecule has 0 unspecified atom stereocenters. The summed E-state index contributed by atoms with van der Waals surface area (Å²) in [6.45, 7) is 6.69. The summed E-state index contributed by atoms with van der Waals surface area (Å²) in [7, 11) is 0. The van der Waals surface area contributed by atoms with Gasteiger partial charge in [-0.05, 0) is 44.6 Å². The molecule has 0 fully saturated rings. The van der Waals surface area contributed by atoms with Crippen LogP contribution in [0.5, 0.6) is 0 Å². The van der Waals surface area contributed by atoms with Crippen molar-refractivity contribution in [2.45, 2.75) is 20.3 Å². The Morgan fingerprint density at radius 3 is 2.74 bits per heavy atom. The maximum atomic E-state index is 13.7. The number of hydrogen-bond acceptors (Lipinski definition) is 2. The molecule has 5 heteroatoms. The average molecular weight is 284 g/mol. The minimum atomic E-state index is -0.261. The van der Waals surface area contributed by atoms with E-state index >= 15 is 0 Å². The first-order chi connectivity index (χ1) is 9.20. The van der Waals surface area contributed by atoms with Crippen molar-refractivity contribution in [2.24, 2.45) is 0 Å². The Bertz CT molecular complexity index is 401. The zero-order chi connectivity index (χ0) is 14.1. The number of anilines is 1. The zero-order valence-corrected chi connectivity index (χ0v) is 12.3. The third-order valence-electron chi connectivity index (χ3n) is 2.65. The Labute approximate surface area is 119 Å². The van der Waals surface area contributed by atoms with Gasteiger partial charge in [0.1, 0.15) is 5.82 Å². The van der Waals surface area contributed by atoms with Crippen LogP contribution < -0.4 is 10.2 Å². The predicted molar refractivity (Wildman–Crippen MR) is 81.1 cm³/mol. The molecule has 0 saturated heterocycles. The first-order valence-electron chi connectivity index (χ1n) is 6.58. The normalized spacial score (nSPS) is 10.3. The summed E-state index contributed by atoms with van der Waals surface area (Å²) in [6.07, 6.45) is 0.878. The van der Waals surface area contributed by atoms with Gasteiger partial charge in [0.15, 0.2) is 5.11 Å². The molecule has 0 aliphatic rings. The number of thiocarbonyl (C=S) groups is 1. The Kier molecular flexibility index (Phi) is 7.36. The molecule has 0 aliphatic heterocycles. The Morgan fingerprint density at radius 1 is 1.37 bits per heavy atom. The topological polar surface area (TPSA) is 24.5 Å². The van der Waals surface area contributed by atoms with Gasteiger partial charge in [0.25, 0.3) is 0 Å². The van der Waals surface area contributed by atoms with Crippen molar-refractivity contribution in [1.82, 2.24) is 5.32 Å². The standard InChI is InChI=1S/C14H21FN2OS/c1-3-17(13-9-6-5-8-12(13)15)14(19)16-10-7-11-18-4-2/h5-6,8-9H,3-4,7,10-11H2,1-2H3,(H,16,19). The van der Waals surface area contributed by atoms with Gasteiger partial charge in [0.05, 0.1) is 5.69 Å². The Morgan fingerprint density at radius 2 is 2.11 bits per heavy atom. The number of nitrogens with one attached hydrogen (secondary N) is 1. The van der Waals surface area contributed by atoms with Crippen LogP contribution in [0, 0.1) is 5.82 Å². The van der Waals surface area contributed by atoms with Crippen LogP contribution >= 0.6 is 12.2 Å². The molecule has 0 saturated carbocycles. The number of halogens is 1. The Balaban J connectivity index is 2.51. The van der Waals surface area contributed by atoms with Crippen molar-refractivity contribution in [2.75, 3.05) is 31.2 Å². The number of nitrogens with zero attached hydrogens (tertiary/aromatic N) is 1. The molecular weight excluding hydrogens is 263 g/mol. The van der Waals surface area contributed by atoms with E-state index in [1.807, 2.05) is 13.8 Å². The van der Waals surface area contributed by atoms with Crippen LogP contribution in [-0.4, -0.2) is 31.4 Å². The van der Waals surface area contributed by atoms with Crippen LogP contribution in [0.15, 0.2) is 24.3 Å². The maximum Gasteiger partial charge on any atom is 0.173 e. The van der Waals surface area contributed by atoms with Gasteiger partial charge in [-0.25, -0.2) is 4.39 Å². The summed E-state index contributed by atoms with van der Waals surface area (Å²) in [6, 6.07) is 6.65. The van der Waals surface area contributed by atoms with Crippen LogP contribution in [-0.2, 0) is 4.74 Å². The number of rotatable bonds is 7. The lowest BCUT2D eigenvalue weighted by Gasteiger charge is -2.24. The highest BCUT2D eigenvalue weighted by Crippen LogP contribution is 2.18. The first kappa shape index (κ1) is 15.9. The molecule has 1 aromatic carbocycles. The van der Waals surface area contributed by atoms with E-state index in [0.717, 1.165) is 19.6 Å². The molecule has 0 amide bonds. The van der Waals surface area contributed by atoms with Crippen LogP contribution in [0.1, 0.15) is 20.3 Å². The van der Waals surface area contributed by atoms with Gasteiger partial charge in [0.2, 0.25) is 0 Å².